The molecular formula is C18H28F3N. The van der Waals surface area contributed by atoms with Crippen LogP contribution >= 0.6 is 0 Å². The standard InChI is InChI=1S/C10H21N.C8H7F3/c1-4-5-6-10-8-11(3)7-9(10)2;1-6-3-2-4-7(5-6)8(9,10)11/h9-10H,4-8H2,1-3H3;2-5H,1H3. The Labute approximate surface area is 132 Å². The predicted octanol–water partition coefficient (Wildman–Crippen LogP) is 5.39. The molecule has 2 rings (SSSR count). The van der Waals surface area contributed by atoms with Gasteiger partial charge in [0.2, 0.25) is 0 Å². The Balaban J connectivity index is 0.000000220. The summed E-state index contributed by atoms with van der Waals surface area (Å²) in [5.74, 6) is 1.92. The fraction of sp³-hybridized carbons (Fsp3) is 0.667. The third-order valence-electron chi connectivity index (χ3n) is 4.22. The number of likely N-dealkylation sites (tertiary alicyclic amines) is 1. The summed E-state index contributed by atoms with van der Waals surface area (Å²) in [6.07, 6.45) is 0.00378. The maximum atomic E-state index is 12.0. The summed E-state index contributed by atoms with van der Waals surface area (Å²) in [6.45, 7) is 8.96. The van der Waals surface area contributed by atoms with Crippen molar-refractivity contribution in [2.75, 3.05) is 20.1 Å². The van der Waals surface area contributed by atoms with E-state index in [1.807, 2.05) is 0 Å². The van der Waals surface area contributed by atoms with Gasteiger partial charge in [-0.15, -0.1) is 0 Å². The van der Waals surface area contributed by atoms with Crippen LogP contribution in [-0.2, 0) is 6.18 Å². The van der Waals surface area contributed by atoms with E-state index in [0.29, 0.717) is 5.56 Å². The van der Waals surface area contributed by atoms with Crippen LogP contribution in [0.5, 0.6) is 0 Å². The highest BCUT2D eigenvalue weighted by Crippen LogP contribution is 2.29. The van der Waals surface area contributed by atoms with Crippen molar-refractivity contribution in [3.63, 3.8) is 0 Å². The molecule has 2 unspecified atom stereocenters. The largest absolute Gasteiger partial charge is 0.416 e. The second-order valence-electron chi connectivity index (χ2n) is 6.47. The molecule has 0 saturated carbocycles. The molecule has 1 nitrogen and oxygen atoms in total. The second-order valence-corrected chi connectivity index (χ2v) is 6.47. The lowest BCUT2D eigenvalue weighted by Gasteiger charge is -2.12. The Morgan fingerprint density at radius 3 is 2.32 bits per heavy atom. The van der Waals surface area contributed by atoms with Crippen LogP contribution in [0.1, 0.15) is 44.2 Å². The maximum absolute atomic E-state index is 12.0. The molecule has 1 saturated heterocycles. The number of alkyl halides is 3. The number of hydrogen-bond donors (Lipinski definition) is 0. The molecular weight excluding hydrogens is 287 g/mol. The van der Waals surface area contributed by atoms with Crippen molar-refractivity contribution in [3.8, 4) is 0 Å². The smallest absolute Gasteiger partial charge is 0.306 e. The average molecular weight is 315 g/mol. The van der Waals surface area contributed by atoms with Crippen molar-refractivity contribution in [1.82, 2.24) is 4.90 Å². The van der Waals surface area contributed by atoms with Crippen molar-refractivity contribution in [1.29, 1.82) is 0 Å². The minimum Gasteiger partial charge on any atom is -0.306 e. The number of unbranched alkanes of at least 4 members (excludes halogenated alkanes) is 1. The first kappa shape index (κ1) is 19.0. The van der Waals surface area contributed by atoms with Gasteiger partial charge in [0.1, 0.15) is 0 Å². The Morgan fingerprint density at radius 1 is 1.23 bits per heavy atom. The van der Waals surface area contributed by atoms with Crippen LogP contribution in [0, 0.1) is 18.8 Å². The second kappa shape index (κ2) is 8.56. The zero-order valence-corrected chi connectivity index (χ0v) is 14.1. The van der Waals surface area contributed by atoms with E-state index in [1.165, 1.54) is 38.4 Å². The molecule has 22 heavy (non-hydrogen) atoms. The van der Waals surface area contributed by atoms with Gasteiger partial charge in [0.15, 0.2) is 0 Å². The van der Waals surface area contributed by atoms with Crippen LogP contribution in [-0.4, -0.2) is 25.0 Å². The van der Waals surface area contributed by atoms with Crippen molar-refractivity contribution in [2.24, 2.45) is 11.8 Å². The van der Waals surface area contributed by atoms with E-state index in [1.54, 1.807) is 13.0 Å². The number of nitrogens with zero attached hydrogens (tertiary/aromatic N) is 1. The van der Waals surface area contributed by atoms with E-state index < -0.39 is 11.7 Å². The number of hydrogen-bond acceptors (Lipinski definition) is 1. The molecule has 4 heteroatoms. The lowest BCUT2D eigenvalue weighted by Crippen LogP contribution is -2.13. The van der Waals surface area contributed by atoms with Gasteiger partial charge in [-0.3, -0.25) is 0 Å². The Bertz CT molecular complexity index is 442. The molecule has 126 valence electrons. The van der Waals surface area contributed by atoms with Gasteiger partial charge in [0, 0.05) is 13.1 Å². The van der Waals surface area contributed by atoms with Crippen molar-refractivity contribution >= 4 is 0 Å². The summed E-state index contributed by atoms with van der Waals surface area (Å²) in [6, 6.07) is 5.22. The third kappa shape index (κ3) is 6.39. The number of benzene rings is 1. The molecule has 1 aliphatic rings. The molecule has 0 bridgehead atoms. The average Bonchev–Trinajstić information content (AvgIpc) is 2.74. The maximum Gasteiger partial charge on any atom is 0.416 e. The summed E-state index contributed by atoms with van der Waals surface area (Å²) in [5, 5.41) is 0. The molecule has 1 heterocycles. The molecule has 1 fully saturated rings. The summed E-state index contributed by atoms with van der Waals surface area (Å²) < 4.78 is 35.9. The van der Waals surface area contributed by atoms with Crippen LogP contribution in [0.4, 0.5) is 13.2 Å². The van der Waals surface area contributed by atoms with Gasteiger partial charge >= 0.3 is 6.18 Å². The van der Waals surface area contributed by atoms with E-state index in [4.69, 9.17) is 0 Å². The number of halogens is 3. The molecule has 1 aliphatic heterocycles. The van der Waals surface area contributed by atoms with E-state index in [9.17, 15) is 13.2 Å². The van der Waals surface area contributed by atoms with Crippen LogP contribution in [0.2, 0.25) is 0 Å². The van der Waals surface area contributed by atoms with Gasteiger partial charge in [-0.25, -0.2) is 0 Å². The van der Waals surface area contributed by atoms with Gasteiger partial charge in [-0.05, 0) is 38.3 Å². The number of aryl methyl sites for hydroxylation is 1. The zero-order chi connectivity index (χ0) is 16.8. The highest BCUT2D eigenvalue weighted by molar-refractivity contribution is 5.24. The Morgan fingerprint density at radius 2 is 1.91 bits per heavy atom. The normalized spacial score (nSPS) is 22.3. The molecule has 0 aromatic heterocycles. The molecule has 0 aliphatic carbocycles. The SMILES string of the molecule is CCCCC1CN(C)CC1C.Cc1cccc(C(F)(F)F)c1. The monoisotopic (exact) mass is 315 g/mol. The van der Waals surface area contributed by atoms with Crippen LogP contribution < -0.4 is 0 Å². The van der Waals surface area contributed by atoms with E-state index in [2.05, 4.69) is 25.8 Å². The zero-order valence-electron chi connectivity index (χ0n) is 14.1. The lowest BCUT2D eigenvalue weighted by atomic mass is 9.93. The molecule has 0 spiro atoms. The van der Waals surface area contributed by atoms with E-state index in [0.717, 1.165) is 24.0 Å². The van der Waals surface area contributed by atoms with Gasteiger partial charge in [0.05, 0.1) is 5.56 Å². The highest BCUT2D eigenvalue weighted by Gasteiger charge is 2.30. The fourth-order valence-corrected chi connectivity index (χ4v) is 2.96. The minimum atomic E-state index is -4.22. The Kier molecular flexibility index (Phi) is 7.40. The van der Waals surface area contributed by atoms with Crippen molar-refractivity contribution in [2.45, 2.75) is 46.2 Å². The first-order valence-corrected chi connectivity index (χ1v) is 8.06. The van der Waals surface area contributed by atoms with Gasteiger partial charge < -0.3 is 4.90 Å². The quantitative estimate of drug-likeness (QED) is 0.723. The molecule has 0 N–H and O–H groups in total. The molecule has 2 atom stereocenters. The molecule has 0 amide bonds. The van der Waals surface area contributed by atoms with Crippen molar-refractivity contribution < 1.29 is 13.2 Å². The summed E-state index contributed by atoms with van der Waals surface area (Å²) >= 11 is 0. The first-order chi connectivity index (χ1) is 10.2. The first-order valence-electron chi connectivity index (χ1n) is 8.06. The topological polar surface area (TPSA) is 3.24 Å². The van der Waals surface area contributed by atoms with Crippen molar-refractivity contribution in [3.05, 3.63) is 35.4 Å². The summed E-state index contributed by atoms with van der Waals surface area (Å²) in [7, 11) is 2.24. The van der Waals surface area contributed by atoms with Crippen LogP contribution in [0.15, 0.2) is 24.3 Å². The molecule has 1 aromatic rings. The van der Waals surface area contributed by atoms with Crippen LogP contribution in [0.3, 0.4) is 0 Å². The summed E-state index contributed by atoms with van der Waals surface area (Å²) in [4.78, 5) is 2.46. The number of rotatable bonds is 3. The summed E-state index contributed by atoms with van der Waals surface area (Å²) in [5.41, 5.74) is 0.0392. The van der Waals surface area contributed by atoms with Gasteiger partial charge in [0.25, 0.3) is 0 Å². The Hall–Kier alpha value is -1.03. The van der Waals surface area contributed by atoms with Crippen LogP contribution in [0.25, 0.3) is 0 Å². The minimum absolute atomic E-state index is 0.586. The fourth-order valence-electron chi connectivity index (χ4n) is 2.96. The molecule has 1 aromatic carbocycles. The highest BCUT2D eigenvalue weighted by atomic mass is 19.4. The van der Waals surface area contributed by atoms with E-state index >= 15 is 0 Å². The molecule has 0 radical (unpaired) electrons. The van der Waals surface area contributed by atoms with E-state index in [-0.39, 0.29) is 0 Å². The third-order valence-corrected chi connectivity index (χ3v) is 4.22. The predicted molar refractivity (Wildman–Crippen MR) is 85.9 cm³/mol. The lowest BCUT2D eigenvalue weighted by molar-refractivity contribution is -0.137. The van der Waals surface area contributed by atoms with Gasteiger partial charge in [-0.2, -0.15) is 13.2 Å². The van der Waals surface area contributed by atoms with Gasteiger partial charge in [-0.1, -0.05) is 50.5 Å².